The molecule has 1 aliphatic carbocycles. The maximum absolute atomic E-state index is 13.6. The van der Waals surface area contributed by atoms with Gasteiger partial charge < -0.3 is 35.1 Å². The summed E-state index contributed by atoms with van der Waals surface area (Å²) in [5.74, 6) is -1.75. The van der Waals surface area contributed by atoms with E-state index in [0.717, 1.165) is 49.7 Å². The molecule has 3 atom stereocenters. The van der Waals surface area contributed by atoms with Crippen LogP contribution in [0.5, 0.6) is 5.75 Å². The molecule has 2 aromatic carbocycles. The molecule has 2 amide bonds. The lowest BCUT2D eigenvalue weighted by molar-refractivity contribution is -0.190. The zero-order valence-electron chi connectivity index (χ0n) is 28.8. The van der Waals surface area contributed by atoms with Crippen molar-refractivity contribution in [1.82, 2.24) is 10.6 Å². The Morgan fingerprint density at radius 1 is 0.959 bits per heavy atom. The fourth-order valence-corrected chi connectivity index (χ4v) is 6.27. The number of unbranched alkanes of at least 4 members (excludes halogenated alkanes) is 4. The molecule has 1 fully saturated rings. The number of phenolic OH excluding ortho intramolecular Hbond substituents is 1. The van der Waals surface area contributed by atoms with Crippen molar-refractivity contribution in [3.8, 4) is 5.75 Å². The number of allylic oxidation sites excluding steroid dienone is 1. The van der Waals surface area contributed by atoms with Crippen LogP contribution in [0, 0.1) is 0 Å². The Kier molecular flexibility index (Phi) is 14.9. The highest BCUT2D eigenvalue weighted by atomic mass is 16.8. The zero-order valence-corrected chi connectivity index (χ0v) is 28.8. The highest BCUT2D eigenvalue weighted by Gasteiger charge is 2.52. The number of hydrogen-bond donors (Lipinski definition) is 4. The lowest BCUT2D eigenvalue weighted by Gasteiger charge is -2.31. The average molecular weight is 677 g/mol. The topological polar surface area (TPSA) is 143 Å². The van der Waals surface area contributed by atoms with E-state index in [0.29, 0.717) is 30.4 Å². The number of rotatable bonds is 19. The van der Waals surface area contributed by atoms with Crippen LogP contribution in [0.2, 0.25) is 0 Å². The summed E-state index contributed by atoms with van der Waals surface area (Å²) in [6.45, 7) is 4.41. The van der Waals surface area contributed by atoms with E-state index >= 15 is 0 Å². The molecule has 266 valence electrons. The van der Waals surface area contributed by atoms with Crippen LogP contribution in [0.4, 0.5) is 0 Å². The van der Waals surface area contributed by atoms with E-state index in [1.54, 1.807) is 36.4 Å². The first-order valence-electron chi connectivity index (χ1n) is 17.7. The Labute approximate surface area is 289 Å². The highest BCUT2D eigenvalue weighted by Crippen LogP contribution is 2.43. The largest absolute Gasteiger partial charge is 0.508 e. The van der Waals surface area contributed by atoms with Crippen LogP contribution in [-0.2, 0) is 30.2 Å². The van der Waals surface area contributed by atoms with E-state index in [2.05, 4.69) is 24.5 Å². The second-order valence-corrected chi connectivity index (χ2v) is 12.8. The third kappa shape index (κ3) is 11.3. The van der Waals surface area contributed by atoms with Gasteiger partial charge in [-0.25, -0.2) is 4.79 Å². The van der Waals surface area contributed by atoms with Crippen molar-refractivity contribution < 1.29 is 38.8 Å². The molecule has 0 spiro atoms. The van der Waals surface area contributed by atoms with E-state index in [1.807, 2.05) is 30.4 Å². The summed E-state index contributed by atoms with van der Waals surface area (Å²) in [5, 5.41) is 24.4. The lowest BCUT2D eigenvalue weighted by Crippen LogP contribution is -2.44. The predicted octanol–water partition coefficient (Wildman–Crippen LogP) is 5.76. The molecule has 0 radical (unpaired) electrons. The summed E-state index contributed by atoms with van der Waals surface area (Å²) in [6.07, 6.45) is 11.9. The van der Waals surface area contributed by atoms with Gasteiger partial charge in [-0.15, -0.1) is 0 Å². The van der Waals surface area contributed by atoms with Crippen LogP contribution in [0.15, 0.2) is 66.3 Å². The van der Waals surface area contributed by atoms with E-state index < -0.39 is 30.1 Å². The minimum Gasteiger partial charge on any atom is -0.508 e. The smallest absolute Gasteiger partial charge is 0.338 e. The standard InChI is InChI=1S/C39H52N2O8/c1-3-5-9-20-39(21-10-6-4-2)48-34-27-31(37(45)41-22-19-35(44)40-23-24-42)26-33(36(34)49-39)47-38(46)30-17-12-14-28(25-30)13-11-16-29-15-7-8-18-32(29)43/h7-8,11-15,17-18,25,27,33-34,36,42-43H,3-6,9-10,16,19-24,26H2,1-2H3,(H,40,44)(H,41,45). The molecule has 2 aromatic rings. The SMILES string of the molecule is CCCCCC1(CCCCC)OC2C=C(C(=O)NCCC(=O)NCCO)CC(OC(=O)c3cccc(C=CCc4ccccc4O)c3)C2O1. The van der Waals surface area contributed by atoms with Gasteiger partial charge in [-0.2, -0.15) is 0 Å². The van der Waals surface area contributed by atoms with E-state index in [1.165, 1.54) is 0 Å². The molecule has 1 saturated heterocycles. The third-order valence-corrected chi connectivity index (χ3v) is 8.88. The van der Waals surface area contributed by atoms with Crippen molar-refractivity contribution in [3.63, 3.8) is 0 Å². The van der Waals surface area contributed by atoms with Crippen molar-refractivity contribution in [2.24, 2.45) is 0 Å². The van der Waals surface area contributed by atoms with Crippen LogP contribution in [0.1, 0.15) is 99.5 Å². The Morgan fingerprint density at radius 3 is 2.43 bits per heavy atom. The Morgan fingerprint density at radius 2 is 1.71 bits per heavy atom. The van der Waals surface area contributed by atoms with Crippen LogP contribution >= 0.6 is 0 Å². The minimum absolute atomic E-state index is 0.0678. The second kappa shape index (κ2) is 19.3. The van der Waals surface area contributed by atoms with Crippen molar-refractivity contribution in [2.45, 2.75) is 109 Å². The Bertz CT molecular complexity index is 1440. The van der Waals surface area contributed by atoms with Gasteiger partial charge in [0.15, 0.2) is 5.79 Å². The number of carbonyl (C=O) groups excluding carboxylic acids is 3. The molecule has 2 aliphatic rings. The van der Waals surface area contributed by atoms with Gasteiger partial charge in [-0.3, -0.25) is 9.59 Å². The summed E-state index contributed by atoms with van der Waals surface area (Å²) in [6, 6.07) is 14.3. The van der Waals surface area contributed by atoms with Crippen LogP contribution in [-0.4, -0.2) is 71.8 Å². The van der Waals surface area contributed by atoms with Gasteiger partial charge in [0.1, 0.15) is 24.1 Å². The number of hydrogen-bond acceptors (Lipinski definition) is 8. The quantitative estimate of drug-likeness (QED) is 0.109. The molecule has 1 heterocycles. The average Bonchev–Trinajstić information content (AvgIpc) is 3.47. The van der Waals surface area contributed by atoms with E-state index in [4.69, 9.17) is 19.3 Å². The molecule has 0 bridgehead atoms. The zero-order chi connectivity index (χ0) is 35.1. The van der Waals surface area contributed by atoms with E-state index in [-0.39, 0.29) is 50.1 Å². The van der Waals surface area contributed by atoms with Gasteiger partial charge in [0.05, 0.1) is 12.2 Å². The van der Waals surface area contributed by atoms with Crippen molar-refractivity contribution >= 4 is 23.9 Å². The molecule has 4 rings (SSSR count). The number of aliphatic hydroxyl groups is 1. The van der Waals surface area contributed by atoms with Gasteiger partial charge in [-0.1, -0.05) is 82.0 Å². The Hall–Kier alpha value is -3.99. The van der Waals surface area contributed by atoms with Crippen LogP contribution in [0.3, 0.4) is 0 Å². The normalized spacial score (nSPS) is 19.7. The number of aliphatic hydroxyl groups excluding tert-OH is 1. The number of nitrogens with one attached hydrogen (secondary N) is 2. The van der Waals surface area contributed by atoms with Gasteiger partial charge in [0.25, 0.3) is 0 Å². The molecule has 0 saturated carbocycles. The molecule has 0 aromatic heterocycles. The maximum Gasteiger partial charge on any atom is 0.338 e. The van der Waals surface area contributed by atoms with Gasteiger partial charge in [0.2, 0.25) is 11.8 Å². The number of amides is 2. The third-order valence-electron chi connectivity index (χ3n) is 8.88. The first-order valence-corrected chi connectivity index (χ1v) is 17.7. The molecule has 1 aliphatic heterocycles. The first kappa shape index (κ1) is 37.8. The monoisotopic (exact) mass is 676 g/mol. The summed E-state index contributed by atoms with van der Waals surface area (Å²) >= 11 is 0. The van der Waals surface area contributed by atoms with E-state index in [9.17, 15) is 19.5 Å². The lowest BCUT2D eigenvalue weighted by atomic mass is 9.91. The number of esters is 1. The summed E-state index contributed by atoms with van der Waals surface area (Å²) in [5.41, 5.74) is 2.39. The minimum atomic E-state index is -0.824. The number of benzene rings is 2. The van der Waals surface area contributed by atoms with Crippen molar-refractivity contribution in [2.75, 3.05) is 19.7 Å². The molecule has 4 N–H and O–H groups in total. The van der Waals surface area contributed by atoms with Crippen molar-refractivity contribution in [3.05, 3.63) is 82.9 Å². The molecular weight excluding hydrogens is 624 g/mol. The number of phenols is 1. The summed E-state index contributed by atoms with van der Waals surface area (Å²) < 4.78 is 19.5. The number of ether oxygens (including phenoxy) is 3. The second-order valence-electron chi connectivity index (χ2n) is 12.8. The maximum atomic E-state index is 13.6. The number of para-hydroxylation sites is 1. The van der Waals surface area contributed by atoms with Crippen molar-refractivity contribution in [1.29, 1.82) is 0 Å². The van der Waals surface area contributed by atoms with Gasteiger partial charge >= 0.3 is 5.97 Å². The van der Waals surface area contributed by atoms with Crippen LogP contribution in [0.25, 0.3) is 6.08 Å². The predicted molar refractivity (Wildman–Crippen MR) is 188 cm³/mol. The molecule has 10 nitrogen and oxygen atoms in total. The van der Waals surface area contributed by atoms with Gasteiger partial charge in [-0.05, 0) is 54.7 Å². The highest BCUT2D eigenvalue weighted by molar-refractivity contribution is 5.94. The molecule has 49 heavy (non-hydrogen) atoms. The van der Waals surface area contributed by atoms with Gasteiger partial charge in [0, 0.05) is 44.3 Å². The summed E-state index contributed by atoms with van der Waals surface area (Å²) in [7, 11) is 0. The number of carbonyl (C=O) groups is 3. The fraction of sp³-hybridized carbons (Fsp3) is 0.513. The number of fused-ring (bicyclic) bond motifs is 1. The molecule has 10 heteroatoms. The summed E-state index contributed by atoms with van der Waals surface area (Å²) in [4.78, 5) is 38.9. The first-order chi connectivity index (χ1) is 23.8. The Balaban J connectivity index is 1.50. The fourth-order valence-electron chi connectivity index (χ4n) is 6.27. The molecule has 3 unspecified atom stereocenters. The number of aromatic hydroxyl groups is 1. The van der Waals surface area contributed by atoms with Crippen LogP contribution < -0.4 is 10.6 Å². The molecular formula is C39H52N2O8.